The Kier molecular flexibility index (Phi) is 11.1. The van der Waals surface area contributed by atoms with Crippen molar-refractivity contribution in [1.82, 2.24) is 0 Å². The van der Waals surface area contributed by atoms with Gasteiger partial charge in [0.25, 0.3) is 0 Å². The van der Waals surface area contributed by atoms with E-state index in [1.54, 1.807) is 0 Å². The van der Waals surface area contributed by atoms with Gasteiger partial charge < -0.3 is 0 Å². The van der Waals surface area contributed by atoms with E-state index in [4.69, 9.17) is 0 Å². The lowest BCUT2D eigenvalue weighted by Gasteiger charge is -2.37. The minimum absolute atomic E-state index is 0.0357. The number of hydrogen-bond donors (Lipinski definition) is 0. The van der Waals surface area contributed by atoms with E-state index in [1.165, 1.54) is 172 Å². The van der Waals surface area contributed by atoms with Crippen molar-refractivity contribution >= 4 is 124 Å². The molecular formula is C76H74B2I2. The molecule has 0 aromatic heterocycles. The molecule has 4 aliphatic heterocycles. The smallest absolute Gasteiger partial charge is 0.0664 e. The molecule has 0 amide bonds. The third-order valence-electron chi connectivity index (χ3n) is 19.1. The van der Waals surface area contributed by atoms with Crippen LogP contribution in [-0.2, 0) is 32.5 Å². The molecule has 4 aliphatic rings. The predicted octanol–water partition coefficient (Wildman–Crippen LogP) is 17.9. The summed E-state index contributed by atoms with van der Waals surface area (Å²) in [6.07, 6.45) is 0. The molecule has 14 rings (SSSR count). The molecule has 10 aromatic rings. The van der Waals surface area contributed by atoms with Crippen molar-refractivity contribution < 1.29 is 0 Å². The molecule has 0 aliphatic carbocycles. The first kappa shape index (κ1) is 52.9. The minimum atomic E-state index is -0.158. The summed E-state index contributed by atoms with van der Waals surface area (Å²) in [4.78, 5) is 0. The zero-order chi connectivity index (χ0) is 56.8. The highest BCUT2D eigenvalue weighted by Gasteiger charge is 2.46. The van der Waals surface area contributed by atoms with Crippen LogP contribution < -0.4 is 32.8 Å². The fourth-order valence-corrected chi connectivity index (χ4v) is 16.6. The molecule has 80 heavy (non-hydrogen) atoms. The van der Waals surface area contributed by atoms with Gasteiger partial charge in [-0.1, -0.05) is 242 Å². The first-order valence-electron chi connectivity index (χ1n) is 29.4. The average Bonchev–Trinajstić information content (AvgIpc) is 3.89. The normalized spacial score (nSPS) is 14.4. The summed E-state index contributed by atoms with van der Waals surface area (Å²) in [5.74, 6) is 0. The monoisotopic (exact) mass is 1260 g/mol. The lowest BCUT2D eigenvalue weighted by Crippen LogP contribution is -2.53. The van der Waals surface area contributed by atoms with Gasteiger partial charge in [-0.2, -0.15) is 0 Å². The molecule has 0 unspecified atom stereocenters. The van der Waals surface area contributed by atoms with E-state index in [1.807, 2.05) is 0 Å². The minimum Gasteiger partial charge on any atom is -0.0664 e. The largest absolute Gasteiger partial charge is 0.244 e. The Labute approximate surface area is 505 Å². The van der Waals surface area contributed by atoms with E-state index in [0.29, 0.717) is 0 Å². The Morgan fingerprint density at radius 1 is 0.275 bits per heavy atom. The zero-order valence-corrected chi connectivity index (χ0v) is 54.8. The second-order valence-corrected chi connectivity index (χ2v) is 33.2. The third-order valence-corrected chi connectivity index (χ3v) is 20.4. The highest BCUT2D eigenvalue weighted by molar-refractivity contribution is 14.1. The van der Waals surface area contributed by atoms with Crippen LogP contribution in [-0.4, -0.2) is 13.4 Å². The first-order chi connectivity index (χ1) is 37.3. The highest BCUT2D eigenvalue weighted by Crippen LogP contribution is 2.55. The number of fused-ring (bicyclic) bond motifs is 10. The van der Waals surface area contributed by atoms with Gasteiger partial charge in [0.1, 0.15) is 0 Å². The second kappa shape index (κ2) is 16.8. The molecular weight excluding hydrogens is 1190 g/mol. The molecule has 0 atom stereocenters. The van der Waals surface area contributed by atoms with Gasteiger partial charge in [-0.05, 0) is 247 Å². The average molecular weight is 1260 g/mol. The molecule has 0 spiro atoms. The van der Waals surface area contributed by atoms with Crippen LogP contribution in [0.3, 0.4) is 0 Å². The van der Waals surface area contributed by atoms with Crippen molar-refractivity contribution in [2.75, 3.05) is 0 Å². The first-order valence-corrected chi connectivity index (χ1v) is 31.6. The van der Waals surface area contributed by atoms with Crippen LogP contribution in [0.15, 0.2) is 121 Å². The molecule has 0 saturated heterocycles. The maximum absolute atomic E-state index is 2.76. The van der Waals surface area contributed by atoms with Crippen molar-refractivity contribution in [3.05, 3.63) is 162 Å². The van der Waals surface area contributed by atoms with Crippen LogP contribution in [0.2, 0.25) is 0 Å². The van der Waals surface area contributed by atoms with E-state index in [0.717, 1.165) is 0 Å². The molecule has 398 valence electrons. The van der Waals surface area contributed by atoms with E-state index >= 15 is 0 Å². The second-order valence-electron chi connectivity index (χ2n) is 30.7. The van der Waals surface area contributed by atoms with Gasteiger partial charge in [0.15, 0.2) is 0 Å². The van der Waals surface area contributed by atoms with Gasteiger partial charge in [0, 0.05) is 7.14 Å². The summed E-state index contributed by atoms with van der Waals surface area (Å²) in [6, 6.07) is 50.2. The van der Waals surface area contributed by atoms with Crippen LogP contribution in [0, 0.1) is 7.14 Å². The number of benzene rings is 10. The SMILES string of the molecule is CC(C)(C)c1cc(C(C)(C)C)c(-c2cc3c4c(cc5c(-c6c(C(C)(C)C)cc(C(C)(C)C)cc6C(C)(C)C)cc6c7c(cc2c4c57)B2c4ccccc4-c4cc(I)cc-6c42)B2c4ccccc4-c4cc(I)cc-3c42)c(C(C)(C)C)c1. The van der Waals surface area contributed by atoms with Crippen LogP contribution >= 0.6 is 45.2 Å². The Bertz CT molecular complexity index is 4070. The summed E-state index contributed by atoms with van der Waals surface area (Å²) in [7, 11) is 0. The molecule has 0 saturated carbocycles. The lowest BCUT2D eigenvalue weighted by atomic mass is 9.34. The van der Waals surface area contributed by atoms with Gasteiger partial charge in [-0.15, -0.1) is 0 Å². The van der Waals surface area contributed by atoms with Crippen LogP contribution in [0.5, 0.6) is 0 Å². The highest BCUT2D eigenvalue weighted by atomic mass is 127. The molecule has 0 nitrogen and oxygen atoms in total. The Morgan fingerprint density at radius 3 is 0.875 bits per heavy atom. The standard InChI is InChI=1S/C76H74B2I2/c1-71(2,3)39-27-55(73(7,8)9)63(56(28-39)74(10,11)12)45-35-47-53-33-41(79)31-51-43-23-20-22-26-60(43)78(69(51)53)62-38-50-46(64-57(75(13,14)15)29-40(72(4,5)6)30-58(64)76(16,17)18)36-48-54-34-42(80)32-52-44-24-19-21-25-59(44)77(70(52)54)61-37-49(45)67(65(47)62)68(50)66(48)61/h19-38H,1-18H3. The number of rotatable bonds is 2. The molecule has 0 N–H and O–H groups in total. The molecule has 4 heterocycles. The Hall–Kier alpha value is -5.17. The maximum Gasteiger partial charge on any atom is 0.244 e. The van der Waals surface area contributed by atoms with E-state index in [-0.39, 0.29) is 45.9 Å². The zero-order valence-electron chi connectivity index (χ0n) is 50.5. The molecule has 4 heteroatoms. The van der Waals surface area contributed by atoms with Crippen LogP contribution in [0.4, 0.5) is 0 Å². The van der Waals surface area contributed by atoms with E-state index in [2.05, 4.69) is 291 Å². The van der Waals surface area contributed by atoms with E-state index in [9.17, 15) is 0 Å². The fraction of sp³-hybridized carbons (Fsp3) is 0.316. The number of halogens is 2. The van der Waals surface area contributed by atoms with Crippen molar-refractivity contribution in [2.24, 2.45) is 0 Å². The Balaban J connectivity index is 1.30. The van der Waals surface area contributed by atoms with E-state index < -0.39 is 0 Å². The topological polar surface area (TPSA) is 0 Å². The van der Waals surface area contributed by atoms with Gasteiger partial charge in [0.05, 0.1) is 0 Å². The molecule has 0 fully saturated rings. The predicted molar refractivity (Wildman–Crippen MR) is 370 cm³/mol. The van der Waals surface area contributed by atoms with Crippen LogP contribution in [0.25, 0.3) is 99.1 Å². The third kappa shape index (κ3) is 7.43. The van der Waals surface area contributed by atoms with Crippen molar-refractivity contribution in [2.45, 2.75) is 157 Å². The van der Waals surface area contributed by atoms with Crippen molar-refractivity contribution in [3.8, 4) is 66.8 Å². The van der Waals surface area contributed by atoms with Crippen molar-refractivity contribution in [1.29, 1.82) is 0 Å². The van der Waals surface area contributed by atoms with Crippen LogP contribution in [0.1, 0.15) is 158 Å². The van der Waals surface area contributed by atoms with Gasteiger partial charge >= 0.3 is 0 Å². The Morgan fingerprint density at radius 2 is 0.575 bits per heavy atom. The summed E-state index contributed by atoms with van der Waals surface area (Å²) >= 11 is 5.24. The number of hydrogen-bond acceptors (Lipinski definition) is 0. The molecule has 10 aromatic carbocycles. The molecule has 0 radical (unpaired) electrons. The summed E-state index contributed by atoms with van der Waals surface area (Å²) in [5, 5.41) is 8.51. The fourth-order valence-electron chi connectivity index (χ4n) is 15.4. The summed E-state index contributed by atoms with van der Waals surface area (Å²) < 4.78 is 2.57. The summed E-state index contributed by atoms with van der Waals surface area (Å²) in [6.45, 7) is 44.1. The molecule has 0 bridgehead atoms. The van der Waals surface area contributed by atoms with Gasteiger partial charge in [-0.25, -0.2) is 0 Å². The summed E-state index contributed by atoms with van der Waals surface area (Å²) in [5.41, 5.74) is 33.2. The van der Waals surface area contributed by atoms with Crippen molar-refractivity contribution in [3.63, 3.8) is 0 Å². The van der Waals surface area contributed by atoms with Gasteiger partial charge in [-0.3, -0.25) is 0 Å². The maximum atomic E-state index is 2.76. The lowest BCUT2D eigenvalue weighted by molar-refractivity contribution is 0.550. The van der Waals surface area contributed by atoms with Gasteiger partial charge in [0.2, 0.25) is 13.4 Å². The quantitative estimate of drug-likeness (QED) is 0.0919.